The van der Waals surface area contributed by atoms with Crippen LogP contribution in [0.15, 0.2) is 24.4 Å². The smallest absolute Gasteiger partial charge is 0.162 e. The van der Waals surface area contributed by atoms with Crippen LogP contribution in [0.1, 0.15) is 6.92 Å². The van der Waals surface area contributed by atoms with Gasteiger partial charge in [-0.25, -0.2) is 4.98 Å². The minimum atomic E-state index is -0.0775. The fraction of sp³-hybridized carbons (Fsp3) is 0.267. The summed E-state index contributed by atoms with van der Waals surface area (Å²) in [5.41, 5.74) is 0. The van der Waals surface area contributed by atoms with Crippen molar-refractivity contribution in [1.82, 2.24) is 4.98 Å². The summed E-state index contributed by atoms with van der Waals surface area (Å²) in [6.07, 6.45) is 7.14. The van der Waals surface area contributed by atoms with Gasteiger partial charge in [0.05, 0.1) is 6.04 Å². The summed E-state index contributed by atoms with van der Waals surface area (Å²) < 4.78 is 11.2. The second kappa shape index (κ2) is 4.69. The number of benzene rings is 1. The Bertz CT molecular complexity index is 661. The van der Waals surface area contributed by atoms with Crippen molar-refractivity contribution in [3.8, 4) is 23.8 Å². The van der Waals surface area contributed by atoms with Crippen molar-refractivity contribution >= 4 is 16.6 Å². The molecule has 1 aromatic carbocycles. The fourth-order valence-corrected chi connectivity index (χ4v) is 2.07. The Morgan fingerprint density at radius 1 is 1.32 bits per heavy atom. The molecule has 96 valence electrons. The number of terminal acetylenes is 1. The zero-order chi connectivity index (χ0) is 13.2. The summed E-state index contributed by atoms with van der Waals surface area (Å²) in [6.45, 7) is 3.07. The van der Waals surface area contributed by atoms with E-state index >= 15 is 0 Å². The molecule has 0 fully saturated rings. The monoisotopic (exact) mass is 254 g/mol. The van der Waals surface area contributed by atoms with Crippen LogP contribution in [0.4, 0.5) is 5.82 Å². The number of fused-ring (bicyclic) bond motifs is 2. The molecule has 0 radical (unpaired) electrons. The van der Waals surface area contributed by atoms with Crippen LogP contribution in [0.5, 0.6) is 11.5 Å². The summed E-state index contributed by atoms with van der Waals surface area (Å²) in [5, 5.41) is 5.23. The normalized spacial score (nSPS) is 14.7. The Morgan fingerprint density at radius 2 is 2.05 bits per heavy atom. The van der Waals surface area contributed by atoms with E-state index in [1.807, 2.05) is 25.1 Å². The Balaban J connectivity index is 2.11. The number of hydrogen-bond donors (Lipinski definition) is 1. The van der Waals surface area contributed by atoms with E-state index in [0.717, 1.165) is 28.1 Å². The van der Waals surface area contributed by atoms with Crippen molar-refractivity contribution in [2.75, 3.05) is 18.5 Å². The first-order valence-electron chi connectivity index (χ1n) is 6.19. The second-order valence-corrected chi connectivity index (χ2v) is 4.41. The van der Waals surface area contributed by atoms with Crippen LogP contribution in [-0.2, 0) is 0 Å². The van der Waals surface area contributed by atoms with Crippen LogP contribution >= 0.6 is 0 Å². The van der Waals surface area contributed by atoms with Crippen LogP contribution in [-0.4, -0.2) is 24.2 Å². The molecule has 0 spiro atoms. The van der Waals surface area contributed by atoms with Gasteiger partial charge in [0.15, 0.2) is 11.5 Å². The Kier molecular flexibility index (Phi) is 2.88. The van der Waals surface area contributed by atoms with Gasteiger partial charge in [0, 0.05) is 11.6 Å². The number of nitrogens with one attached hydrogen (secondary N) is 1. The first kappa shape index (κ1) is 11.7. The number of nitrogens with zero attached hydrogens (tertiary/aromatic N) is 1. The van der Waals surface area contributed by atoms with Gasteiger partial charge in [0.25, 0.3) is 0 Å². The maximum absolute atomic E-state index is 5.60. The molecule has 2 heterocycles. The van der Waals surface area contributed by atoms with Crippen LogP contribution < -0.4 is 14.8 Å². The minimum absolute atomic E-state index is 0.0775. The molecule has 1 aromatic heterocycles. The van der Waals surface area contributed by atoms with E-state index in [-0.39, 0.29) is 6.04 Å². The lowest BCUT2D eigenvalue weighted by Gasteiger charge is -2.19. The molecule has 19 heavy (non-hydrogen) atoms. The van der Waals surface area contributed by atoms with Gasteiger partial charge in [-0.1, -0.05) is 5.92 Å². The quantitative estimate of drug-likeness (QED) is 0.836. The number of anilines is 1. The average Bonchev–Trinajstić information content (AvgIpc) is 2.45. The third-order valence-electron chi connectivity index (χ3n) is 3.03. The van der Waals surface area contributed by atoms with Crippen LogP contribution in [0.3, 0.4) is 0 Å². The highest BCUT2D eigenvalue weighted by Gasteiger charge is 2.14. The molecule has 0 saturated heterocycles. The Labute approximate surface area is 111 Å². The third-order valence-corrected chi connectivity index (χ3v) is 3.03. The zero-order valence-corrected chi connectivity index (χ0v) is 10.6. The molecule has 0 amide bonds. The molecule has 0 saturated carbocycles. The second-order valence-electron chi connectivity index (χ2n) is 4.41. The van der Waals surface area contributed by atoms with Gasteiger partial charge >= 0.3 is 0 Å². The van der Waals surface area contributed by atoms with Crippen molar-refractivity contribution in [2.45, 2.75) is 13.0 Å². The molecule has 1 unspecified atom stereocenters. The van der Waals surface area contributed by atoms with E-state index in [4.69, 9.17) is 15.9 Å². The molecule has 1 aliphatic rings. The van der Waals surface area contributed by atoms with Crippen LogP contribution in [0, 0.1) is 12.3 Å². The van der Waals surface area contributed by atoms with Gasteiger partial charge < -0.3 is 14.8 Å². The average molecular weight is 254 g/mol. The molecule has 4 nitrogen and oxygen atoms in total. The maximum atomic E-state index is 5.60. The number of hydrogen-bond acceptors (Lipinski definition) is 4. The molecule has 0 aliphatic carbocycles. The highest BCUT2D eigenvalue weighted by molar-refractivity contribution is 5.94. The first-order chi connectivity index (χ1) is 9.28. The molecular weight excluding hydrogens is 240 g/mol. The number of aromatic nitrogens is 1. The van der Waals surface area contributed by atoms with E-state index in [2.05, 4.69) is 16.2 Å². The van der Waals surface area contributed by atoms with E-state index in [1.54, 1.807) is 6.20 Å². The maximum Gasteiger partial charge on any atom is 0.162 e. The largest absolute Gasteiger partial charge is 0.486 e. The highest BCUT2D eigenvalue weighted by atomic mass is 16.6. The number of rotatable bonds is 2. The standard InChI is InChI=1S/C15H14N2O2/c1-3-10(2)17-15-12-9-14-13(18-6-7-19-14)8-11(12)4-5-16-15/h1,4-5,8-10H,6-7H2,2H3,(H,16,17). The zero-order valence-electron chi connectivity index (χ0n) is 10.6. The first-order valence-corrected chi connectivity index (χ1v) is 6.19. The predicted octanol–water partition coefficient (Wildman–Crippen LogP) is 2.44. The molecular formula is C15H14N2O2. The molecule has 0 bridgehead atoms. The van der Waals surface area contributed by atoms with Crippen LogP contribution in [0.2, 0.25) is 0 Å². The highest BCUT2D eigenvalue weighted by Crippen LogP contribution is 2.36. The summed E-state index contributed by atoms with van der Waals surface area (Å²) in [6, 6.07) is 5.78. The minimum Gasteiger partial charge on any atom is -0.486 e. The predicted molar refractivity (Wildman–Crippen MR) is 74.7 cm³/mol. The molecule has 1 atom stereocenters. The SMILES string of the molecule is C#CC(C)Nc1nccc2cc3c(cc12)OCCO3. The van der Waals surface area contributed by atoms with Crippen molar-refractivity contribution in [1.29, 1.82) is 0 Å². The van der Waals surface area contributed by atoms with Gasteiger partial charge in [-0.3, -0.25) is 0 Å². The summed E-state index contributed by atoms with van der Waals surface area (Å²) >= 11 is 0. The molecule has 2 aromatic rings. The number of ether oxygens (including phenoxy) is 2. The molecule has 1 N–H and O–H groups in total. The van der Waals surface area contributed by atoms with Gasteiger partial charge in [-0.05, 0) is 30.5 Å². The van der Waals surface area contributed by atoms with E-state index in [1.165, 1.54) is 0 Å². The van der Waals surface area contributed by atoms with Crippen molar-refractivity contribution in [3.63, 3.8) is 0 Å². The van der Waals surface area contributed by atoms with E-state index < -0.39 is 0 Å². The van der Waals surface area contributed by atoms with Gasteiger partial charge in [0.1, 0.15) is 19.0 Å². The van der Waals surface area contributed by atoms with Gasteiger partial charge in [0.2, 0.25) is 0 Å². The van der Waals surface area contributed by atoms with E-state index in [0.29, 0.717) is 13.2 Å². The van der Waals surface area contributed by atoms with Gasteiger partial charge in [-0.15, -0.1) is 6.42 Å². The molecule has 4 heteroatoms. The summed E-state index contributed by atoms with van der Waals surface area (Å²) in [5.74, 6) is 4.93. The Hall–Kier alpha value is -2.41. The lowest BCUT2D eigenvalue weighted by Crippen LogP contribution is -2.16. The topological polar surface area (TPSA) is 43.4 Å². The van der Waals surface area contributed by atoms with Crippen molar-refractivity contribution in [2.24, 2.45) is 0 Å². The lowest BCUT2D eigenvalue weighted by molar-refractivity contribution is 0.172. The van der Waals surface area contributed by atoms with Crippen molar-refractivity contribution < 1.29 is 9.47 Å². The Morgan fingerprint density at radius 3 is 2.79 bits per heavy atom. The lowest BCUT2D eigenvalue weighted by atomic mass is 10.1. The van der Waals surface area contributed by atoms with Crippen LogP contribution in [0.25, 0.3) is 10.8 Å². The summed E-state index contributed by atoms with van der Waals surface area (Å²) in [7, 11) is 0. The van der Waals surface area contributed by atoms with Crippen molar-refractivity contribution in [3.05, 3.63) is 24.4 Å². The molecule has 1 aliphatic heterocycles. The van der Waals surface area contributed by atoms with Gasteiger partial charge in [-0.2, -0.15) is 0 Å². The third kappa shape index (κ3) is 2.15. The van der Waals surface area contributed by atoms with E-state index in [9.17, 15) is 0 Å². The summed E-state index contributed by atoms with van der Waals surface area (Å²) in [4.78, 5) is 4.34. The fourth-order valence-electron chi connectivity index (χ4n) is 2.07. The number of pyridine rings is 1. The molecule has 3 rings (SSSR count).